The summed E-state index contributed by atoms with van der Waals surface area (Å²) in [5.41, 5.74) is 2.62. The van der Waals surface area contributed by atoms with Gasteiger partial charge in [-0.15, -0.1) is 0 Å². The molecule has 164 valence electrons. The lowest BCUT2D eigenvalue weighted by molar-refractivity contribution is 0.0505. The van der Waals surface area contributed by atoms with Gasteiger partial charge >= 0.3 is 5.97 Å². The number of carbonyl (C=O) groups is 2. The van der Waals surface area contributed by atoms with Crippen LogP contribution in [0.25, 0.3) is 0 Å². The lowest BCUT2D eigenvalue weighted by atomic mass is 10.2. The Balaban J connectivity index is 1.48. The van der Waals surface area contributed by atoms with Crippen molar-refractivity contribution >= 4 is 34.9 Å². The molecule has 7 heteroatoms. The van der Waals surface area contributed by atoms with Crippen molar-refractivity contribution in [3.05, 3.63) is 95.6 Å². The molecule has 0 aliphatic heterocycles. The highest BCUT2D eigenvalue weighted by molar-refractivity contribution is 7.80. The molecular formula is C25H24N2O4S. The maximum absolute atomic E-state index is 12.4. The lowest BCUT2D eigenvalue weighted by Crippen LogP contribution is -2.34. The topological polar surface area (TPSA) is 76.7 Å². The summed E-state index contributed by atoms with van der Waals surface area (Å²) < 4.78 is 10.8. The molecule has 32 heavy (non-hydrogen) atoms. The number of benzene rings is 3. The third kappa shape index (κ3) is 6.92. The van der Waals surface area contributed by atoms with E-state index in [4.69, 9.17) is 21.7 Å². The molecule has 0 aromatic heterocycles. The van der Waals surface area contributed by atoms with Gasteiger partial charge in [0.15, 0.2) is 5.11 Å². The number of thiocarbonyl (C=S) groups is 1. The molecule has 0 spiro atoms. The number of esters is 1. The van der Waals surface area contributed by atoms with Crippen LogP contribution in [0.4, 0.5) is 5.69 Å². The summed E-state index contributed by atoms with van der Waals surface area (Å²) >= 11 is 5.22. The summed E-state index contributed by atoms with van der Waals surface area (Å²) in [7, 11) is 0. The molecular weight excluding hydrogens is 424 g/mol. The minimum absolute atomic E-state index is 0.153. The molecule has 0 radical (unpaired) electrons. The zero-order valence-corrected chi connectivity index (χ0v) is 18.5. The van der Waals surface area contributed by atoms with Crippen molar-refractivity contribution in [3.8, 4) is 5.75 Å². The van der Waals surface area contributed by atoms with Crippen LogP contribution in [-0.4, -0.2) is 23.6 Å². The maximum Gasteiger partial charge on any atom is 0.338 e. The van der Waals surface area contributed by atoms with Crippen LogP contribution in [0.1, 0.15) is 39.6 Å². The lowest BCUT2D eigenvalue weighted by Gasteiger charge is -2.11. The van der Waals surface area contributed by atoms with Crippen molar-refractivity contribution in [2.45, 2.75) is 20.0 Å². The first-order valence-corrected chi connectivity index (χ1v) is 10.6. The Labute approximate surface area is 192 Å². The molecule has 0 saturated carbocycles. The van der Waals surface area contributed by atoms with Gasteiger partial charge in [-0.25, -0.2) is 4.79 Å². The smallest absolute Gasteiger partial charge is 0.338 e. The molecule has 0 atom stereocenters. The van der Waals surface area contributed by atoms with Crippen LogP contribution in [0.3, 0.4) is 0 Å². The van der Waals surface area contributed by atoms with Gasteiger partial charge in [0.1, 0.15) is 12.4 Å². The van der Waals surface area contributed by atoms with Crippen molar-refractivity contribution in [1.82, 2.24) is 5.32 Å². The molecule has 0 bridgehead atoms. The molecule has 3 aromatic carbocycles. The van der Waals surface area contributed by atoms with E-state index in [1.54, 1.807) is 48.5 Å². The van der Waals surface area contributed by atoms with Gasteiger partial charge in [-0.3, -0.25) is 10.1 Å². The third-order valence-corrected chi connectivity index (χ3v) is 4.61. The highest BCUT2D eigenvalue weighted by Gasteiger charge is 2.10. The molecule has 6 nitrogen and oxygen atoms in total. The average Bonchev–Trinajstić information content (AvgIpc) is 2.82. The van der Waals surface area contributed by atoms with E-state index < -0.39 is 0 Å². The number of ether oxygens (including phenoxy) is 2. The van der Waals surface area contributed by atoms with Crippen LogP contribution >= 0.6 is 12.2 Å². The number of nitrogens with one attached hydrogen (secondary N) is 2. The monoisotopic (exact) mass is 448 g/mol. The molecule has 0 saturated heterocycles. The van der Waals surface area contributed by atoms with Gasteiger partial charge < -0.3 is 14.8 Å². The molecule has 0 fully saturated rings. The van der Waals surface area contributed by atoms with Gasteiger partial charge in [0.05, 0.1) is 12.2 Å². The Hall–Kier alpha value is -3.71. The zero-order chi connectivity index (χ0) is 22.8. The standard InChI is InChI=1S/C25H24N2O4S/c1-2-16-30-24(29)20-8-12-21(13-9-20)26-25(32)27-23(28)19-10-14-22(15-11-19)31-17-18-6-4-3-5-7-18/h3-15H,2,16-17H2,1H3,(H2,26,27,28,32). The van der Waals surface area contributed by atoms with E-state index in [1.807, 2.05) is 37.3 Å². The van der Waals surface area contributed by atoms with E-state index in [-0.39, 0.29) is 17.0 Å². The van der Waals surface area contributed by atoms with Crippen LogP contribution in [0.15, 0.2) is 78.9 Å². The second kappa shape index (κ2) is 11.6. The van der Waals surface area contributed by atoms with E-state index in [9.17, 15) is 9.59 Å². The SMILES string of the molecule is CCCOC(=O)c1ccc(NC(=S)NC(=O)c2ccc(OCc3ccccc3)cc2)cc1. The highest BCUT2D eigenvalue weighted by Crippen LogP contribution is 2.15. The predicted octanol–water partition coefficient (Wildman–Crippen LogP) is 4.96. The predicted molar refractivity (Wildman–Crippen MR) is 128 cm³/mol. The molecule has 0 aliphatic carbocycles. The third-order valence-electron chi connectivity index (χ3n) is 4.41. The Morgan fingerprint density at radius 1 is 0.875 bits per heavy atom. The van der Waals surface area contributed by atoms with Crippen molar-refractivity contribution in [1.29, 1.82) is 0 Å². The number of carbonyl (C=O) groups excluding carboxylic acids is 2. The van der Waals surface area contributed by atoms with E-state index in [1.165, 1.54) is 0 Å². The Morgan fingerprint density at radius 3 is 2.19 bits per heavy atom. The summed E-state index contributed by atoms with van der Waals surface area (Å²) in [6, 6.07) is 23.3. The Bertz CT molecular complexity index is 1050. The molecule has 0 heterocycles. The van der Waals surface area contributed by atoms with Gasteiger partial charge in [-0.2, -0.15) is 0 Å². The van der Waals surface area contributed by atoms with Gasteiger partial charge in [0.2, 0.25) is 0 Å². The van der Waals surface area contributed by atoms with E-state index in [0.29, 0.717) is 35.8 Å². The highest BCUT2D eigenvalue weighted by atomic mass is 32.1. The van der Waals surface area contributed by atoms with E-state index >= 15 is 0 Å². The fourth-order valence-electron chi connectivity index (χ4n) is 2.75. The Morgan fingerprint density at radius 2 is 1.53 bits per heavy atom. The Kier molecular flexibility index (Phi) is 8.34. The molecule has 0 unspecified atom stereocenters. The molecule has 3 aromatic rings. The average molecular weight is 449 g/mol. The quantitative estimate of drug-likeness (QED) is 0.375. The van der Waals surface area contributed by atoms with Crippen molar-refractivity contribution in [2.75, 3.05) is 11.9 Å². The minimum Gasteiger partial charge on any atom is -0.489 e. The number of anilines is 1. The normalized spacial score (nSPS) is 10.2. The summed E-state index contributed by atoms with van der Waals surface area (Å²) in [5, 5.41) is 5.71. The number of hydrogen-bond donors (Lipinski definition) is 2. The van der Waals surface area contributed by atoms with Crippen LogP contribution in [0, 0.1) is 0 Å². The first kappa shape index (κ1) is 23.0. The number of rotatable bonds is 8. The van der Waals surface area contributed by atoms with Crippen LogP contribution in [0.5, 0.6) is 5.75 Å². The van der Waals surface area contributed by atoms with Crippen molar-refractivity contribution < 1.29 is 19.1 Å². The van der Waals surface area contributed by atoms with E-state index in [0.717, 1.165) is 12.0 Å². The van der Waals surface area contributed by atoms with Gasteiger partial charge in [0, 0.05) is 11.3 Å². The largest absolute Gasteiger partial charge is 0.489 e. The first-order chi connectivity index (χ1) is 15.5. The van der Waals surface area contributed by atoms with Crippen molar-refractivity contribution in [3.63, 3.8) is 0 Å². The van der Waals surface area contributed by atoms with E-state index in [2.05, 4.69) is 10.6 Å². The number of amides is 1. The summed E-state index contributed by atoms with van der Waals surface area (Å²) in [6.07, 6.45) is 0.767. The second-order valence-corrected chi connectivity index (χ2v) is 7.33. The van der Waals surface area contributed by atoms with Gasteiger partial charge in [0.25, 0.3) is 5.91 Å². The fourth-order valence-corrected chi connectivity index (χ4v) is 2.96. The van der Waals surface area contributed by atoms with Gasteiger partial charge in [-0.1, -0.05) is 37.3 Å². The van der Waals surface area contributed by atoms with Gasteiger partial charge in [-0.05, 0) is 72.7 Å². The minimum atomic E-state index is -0.370. The maximum atomic E-state index is 12.4. The second-order valence-electron chi connectivity index (χ2n) is 6.92. The van der Waals surface area contributed by atoms with Crippen LogP contribution < -0.4 is 15.4 Å². The summed E-state index contributed by atoms with van der Waals surface area (Å²) in [4.78, 5) is 24.3. The zero-order valence-electron chi connectivity index (χ0n) is 17.7. The molecule has 2 N–H and O–H groups in total. The van der Waals surface area contributed by atoms with Crippen LogP contribution in [0.2, 0.25) is 0 Å². The molecule has 3 rings (SSSR count). The van der Waals surface area contributed by atoms with Crippen LogP contribution in [-0.2, 0) is 11.3 Å². The molecule has 1 amide bonds. The summed E-state index contributed by atoms with van der Waals surface area (Å²) in [5.74, 6) is -0.0361. The first-order valence-electron chi connectivity index (χ1n) is 10.2. The van der Waals surface area contributed by atoms with Crippen molar-refractivity contribution in [2.24, 2.45) is 0 Å². The number of hydrogen-bond acceptors (Lipinski definition) is 5. The molecule has 0 aliphatic rings. The summed E-state index contributed by atoms with van der Waals surface area (Å²) in [6.45, 7) is 2.77. The fraction of sp³-hybridized carbons (Fsp3) is 0.160.